The number of carbonyl (C=O) groups excluding carboxylic acids is 2. The summed E-state index contributed by atoms with van der Waals surface area (Å²) >= 11 is 3.44. The summed E-state index contributed by atoms with van der Waals surface area (Å²) in [6.45, 7) is 0. The number of hydrogen-bond donors (Lipinski definition) is 3. The Balaban J connectivity index is 1.82. The van der Waals surface area contributed by atoms with E-state index >= 15 is 0 Å². The molecule has 1 aliphatic carbocycles. The van der Waals surface area contributed by atoms with Gasteiger partial charge >= 0.3 is 0 Å². The smallest absolute Gasteiger partial charge is 0.274 e. The molecule has 1 fully saturated rings. The summed E-state index contributed by atoms with van der Waals surface area (Å²) in [5.74, 6) is -0.605. The highest BCUT2D eigenvalue weighted by molar-refractivity contribution is 9.10. The van der Waals surface area contributed by atoms with Gasteiger partial charge in [0.2, 0.25) is 5.91 Å². The minimum Gasteiger partial charge on any atom is -0.325 e. The molecule has 3 rings (SSSR count). The molecule has 5 nitrogen and oxygen atoms in total. The van der Waals surface area contributed by atoms with Crippen molar-refractivity contribution in [3.63, 3.8) is 0 Å². The second-order valence-electron chi connectivity index (χ2n) is 6.27. The lowest BCUT2D eigenvalue weighted by molar-refractivity contribution is -0.121. The minimum absolute atomic E-state index is 0.0216. The van der Waals surface area contributed by atoms with Crippen LogP contribution in [0.1, 0.15) is 41.6 Å². The zero-order valence-electron chi connectivity index (χ0n) is 13.6. The molecule has 2 aromatic carbocycles. The van der Waals surface area contributed by atoms with Crippen molar-refractivity contribution in [2.45, 2.75) is 31.1 Å². The number of halogens is 1. The zero-order chi connectivity index (χ0) is 17.9. The Morgan fingerprint density at radius 3 is 2.12 bits per heavy atom. The summed E-state index contributed by atoms with van der Waals surface area (Å²) in [5.41, 5.74) is 3.06. The van der Waals surface area contributed by atoms with E-state index < -0.39 is 11.3 Å². The number of benzene rings is 2. The van der Waals surface area contributed by atoms with Crippen LogP contribution in [0.15, 0.2) is 53.0 Å². The molecule has 0 spiro atoms. The van der Waals surface area contributed by atoms with E-state index in [-0.39, 0.29) is 5.91 Å². The van der Waals surface area contributed by atoms with Crippen LogP contribution in [0.3, 0.4) is 0 Å². The summed E-state index contributed by atoms with van der Waals surface area (Å²) in [4.78, 5) is 24.4. The Morgan fingerprint density at radius 2 is 1.56 bits per heavy atom. The molecule has 25 heavy (non-hydrogen) atoms. The van der Waals surface area contributed by atoms with E-state index in [1.54, 1.807) is 29.7 Å². The Bertz CT molecular complexity index is 766. The quantitative estimate of drug-likeness (QED) is 0.533. The Kier molecular flexibility index (Phi) is 5.20. The lowest BCUT2D eigenvalue weighted by Crippen LogP contribution is -2.38. The zero-order valence-corrected chi connectivity index (χ0v) is 15.2. The van der Waals surface area contributed by atoms with Crippen LogP contribution in [0.5, 0.6) is 0 Å². The molecule has 0 saturated heterocycles. The normalized spacial score (nSPS) is 15.6. The molecule has 0 atom stereocenters. The SMILES string of the molecule is O=C(NO)c1ccc(NC(=O)C2(c3ccc(Br)cc3)CCCC2)cc1. The average molecular weight is 403 g/mol. The molecule has 1 aliphatic rings. The predicted octanol–water partition coefficient (Wildman–Crippen LogP) is 4.02. The highest BCUT2D eigenvalue weighted by Crippen LogP contribution is 2.42. The summed E-state index contributed by atoms with van der Waals surface area (Å²) in [6.07, 6.45) is 3.70. The van der Waals surface area contributed by atoms with Crippen LogP contribution in [0.2, 0.25) is 0 Å². The van der Waals surface area contributed by atoms with Gasteiger partial charge in [-0.05, 0) is 54.8 Å². The maximum Gasteiger partial charge on any atom is 0.274 e. The molecule has 0 unspecified atom stereocenters. The summed E-state index contributed by atoms with van der Waals surface area (Å²) in [7, 11) is 0. The van der Waals surface area contributed by atoms with Crippen molar-refractivity contribution < 1.29 is 14.8 Å². The number of carbonyl (C=O) groups is 2. The average Bonchev–Trinajstić information content (AvgIpc) is 3.13. The van der Waals surface area contributed by atoms with E-state index in [1.165, 1.54) is 0 Å². The summed E-state index contributed by atoms with van der Waals surface area (Å²) < 4.78 is 0.988. The largest absolute Gasteiger partial charge is 0.325 e. The summed E-state index contributed by atoms with van der Waals surface area (Å²) in [6, 6.07) is 14.4. The number of rotatable bonds is 4. The molecule has 0 radical (unpaired) electrons. The third-order valence-corrected chi connectivity index (χ3v) is 5.32. The Hall–Kier alpha value is -2.18. The maximum atomic E-state index is 13.1. The first kappa shape index (κ1) is 17.6. The standard InChI is InChI=1S/C19H19BrN2O3/c20-15-7-5-14(6-8-15)19(11-1-2-12-19)18(24)21-16-9-3-13(4-10-16)17(23)22-25/h3-10,25H,1-2,11-12H2,(H,21,24)(H,22,23). The Labute approximate surface area is 154 Å². The fourth-order valence-corrected chi connectivity index (χ4v) is 3.68. The lowest BCUT2D eigenvalue weighted by atomic mass is 9.78. The number of amides is 2. The fourth-order valence-electron chi connectivity index (χ4n) is 3.41. The van der Waals surface area contributed by atoms with Gasteiger partial charge in [0.15, 0.2) is 0 Å². The van der Waals surface area contributed by atoms with E-state index in [4.69, 9.17) is 5.21 Å². The molecule has 0 bridgehead atoms. The number of nitrogens with one attached hydrogen (secondary N) is 2. The van der Waals surface area contributed by atoms with Gasteiger partial charge in [-0.1, -0.05) is 40.9 Å². The van der Waals surface area contributed by atoms with Crippen molar-refractivity contribution in [1.29, 1.82) is 0 Å². The number of anilines is 1. The van der Waals surface area contributed by atoms with Gasteiger partial charge in [0.05, 0.1) is 5.41 Å². The van der Waals surface area contributed by atoms with Gasteiger partial charge in [-0.2, -0.15) is 0 Å². The van der Waals surface area contributed by atoms with Crippen molar-refractivity contribution in [2.24, 2.45) is 0 Å². The van der Waals surface area contributed by atoms with Crippen LogP contribution in [-0.4, -0.2) is 17.0 Å². The van der Waals surface area contributed by atoms with Crippen molar-refractivity contribution in [2.75, 3.05) is 5.32 Å². The first-order valence-electron chi connectivity index (χ1n) is 8.17. The third kappa shape index (κ3) is 3.60. The van der Waals surface area contributed by atoms with Crippen molar-refractivity contribution in [3.05, 3.63) is 64.1 Å². The van der Waals surface area contributed by atoms with E-state index in [9.17, 15) is 9.59 Å². The molecule has 130 valence electrons. The topological polar surface area (TPSA) is 78.4 Å². The molecular weight excluding hydrogens is 384 g/mol. The van der Waals surface area contributed by atoms with E-state index in [0.717, 1.165) is 35.7 Å². The minimum atomic E-state index is -0.583. The van der Waals surface area contributed by atoms with Crippen LogP contribution >= 0.6 is 15.9 Å². The van der Waals surface area contributed by atoms with Crippen LogP contribution in [0, 0.1) is 0 Å². The highest BCUT2D eigenvalue weighted by atomic mass is 79.9. The van der Waals surface area contributed by atoms with Gasteiger partial charge in [0.25, 0.3) is 5.91 Å². The number of hydroxylamine groups is 1. The fraction of sp³-hybridized carbons (Fsp3) is 0.263. The highest BCUT2D eigenvalue weighted by Gasteiger charge is 2.42. The van der Waals surface area contributed by atoms with Crippen molar-refractivity contribution in [1.82, 2.24) is 5.48 Å². The van der Waals surface area contributed by atoms with Gasteiger partial charge in [-0.25, -0.2) is 5.48 Å². The lowest BCUT2D eigenvalue weighted by Gasteiger charge is -2.28. The van der Waals surface area contributed by atoms with Crippen LogP contribution in [0.25, 0.3) is 0 Å². The first-order chi connectivity index (χ1) is 12.0. The molecule has 0 heterocycles. The van der Waals surface area contributed by atoms with Crippen molar-refractivity contribution in [3.8, 4) is 0 Å². The van der Waals surface area contributed by atoms with E-state index in [1.807, 2.05) is 24.3 Å². The van der Waals surface area contributed by atoms with Gasteiger partial charge in [0, 0.05) is 15.7 Å². The van der Waals surface area contributed by atoms with Gasteiger partial charge in [-0.3, -0.25) is 14.8 Å². The molecule has 2 amide bonds. The molecule has 6 heteroatoms. The molecule has 0 aliphatic heterocycles. The van der Waals surface area contributed by atoms with Crippen LogP contribution in [-0.2, 0) is 10.2 Å². The van der Waals surface area contributed by atoms with E-state index in [2.05, 4.69) is 21.2 Å². The van der Waals surface area contributed by atoms with E-state index in [0.29, 0.717) is 11.3 Å². The van der Waals surface area contributed by atoms with Gasteiger partial charge < -0.3 is 5.32 Å². The molecular formula is C19H19BrN2O3. The molecule has 3 N–H and O–H groups in total. The monoisotopic (exact) mass is 402 g/mol. The molecule has 2 aromatic rings. The van der Waals surface area contributed by atoms with Crippen LogP contribution in [0.4, 0.5) is 5.69 Å². The maximum absolute atomic E-state index is 13.1. The third-order valence-electron chi connectivity index (χ3n) is 4.80. The summed E-state index contributed by atoms with van der Waals surface area (Å²) in [5, 5.41) is 11.6. The van der Waals surface area contributed by atoms with Crippen molar-refractivity contribution >= 4 is 33.4 Å². The van der Waals surface area contributed by atoms with Gasteiger partial charge in [-0.15, -0.1) is 0 Å². The number of hydrogen-bond acceptors (Lipinski definition) is 3. The second kappa shape index (κ2) is 7.37. The molecule has 1 saturated carbocycles. The van der Waals surface area contributed by atoms with Gasteiger partial charge in [0.1, 0.15) is 0 Å². The second-order valence-corrected chi connectivity index (χ2v) is 7.18. The molecule has 0 aromatic heterocycles. The van der Waals surface area contributed by atoms with Crippen LogP contribution < -0.4 is 10.8 Å². The Morgan fingerprint density at radius 1 is 0.960 bits per heavy atom. The first-order valence-corrected chi connectivity index (χ1v) is 8.96. The predicted molar refractivity (Wildman–Crippen MR) is 98.6 cm³/mol.